The van der Waals surface area contributed by atoms with E-state index < -0.39 is 0 Å². The lowest BCUT2D eigenvalue weighted by Crippen LogP contribution is -2.52. The molecule has 0 bridgehead atoms. The average Bonchev–Trinajstić information content (AvgIpc) is 2.63. The summed E-state index contributed by atoms with van der Waals surface area (Å²) in [5, 5.41) is 4.01. The van der Waals surface area contributed by atoms with Gasteiger partial charge in [0, 0.05) is 18.1 Å². The number of carbonyl (C=O) groups is 1. The predicted molar refractivity (Wildman–Crippen MR) is 107 cm³/mol. The Labute approximate surface area is 162 Å². The largest absolute Gasteiger partial charge is 0.342 e. The van der Waals surface area contributed by atoms with Crippen molar-refractivity contribution < 1.29 is 4.79 Å². The molecule has 0 spiro atoms. The number of likely N-dealkylation sites (tertiary alicyclic amines) is 1. The molecule has 1 aromatic carbocycles. The summed E-state index contributed by atoms with van der Waals surface area (Å²) in [5.74, 6) is 0.934. The van der Waals surface area contributed by atoms with Crippen LogP contribution in [0.15, 0.2) is 24.3 Å². The van der Waals surface area contributed by atoms with Crippen LogP contribution in [0.4, 0.5) is 0 Å². The molecule has 1 aliphatic carbocycles. The Morgan fingerprint density at radius 1 is 1.20 bits per heavy atom. The number of rotatable bonds is 4. The summed E-state index contributed by atoms with van der Waals surface area (Å²) in [6, 6.07) is 8.00. The molecule has 1 unspecified atom stereocenters. The number of halogens is 2. The smallest absolute Gasteiger partial charge is 0.233 e. The molecular weight excluding hydrogens is 355 g/mol. The Morgan fingerprint density at radius 3 is 2.52 bits per heavy atom. The number of amides is 1. The van der Waals surface area contributed by atoms with Crippen LogP contribution < -0.4 is 5.32 Å². The van der Waals surface area contributed by atoms with Crippen molar-refractivity contribution in [2.24, 2.45) is 5.92 Å². The van der Waals surface area contributed by atoms with Crippen molar-refractivity contribution in [2.75, 3.05) is 26.7 Å². The van der Waals surface area contributed by atoms with Crippen molar-refractivity contribution in [1.29, 1.82) is 0 Å². The van der Waals surface area contributed by atoms with Crippen LogP contribution in [-0.4, -0.2) is 37.5 Å². The summed E-state index contributed by atoms with van der Waals surface area (Å²) in [4.78, 5) is 15.7. The second-order valence-electron chi connectivity index (χ2n) is 7.47. The normalized spacial score (nSPS) is 23.0. The van der Waals surface area contributed by atoms with Gasteiger partial charge < -0.3 is 10.2 Å². The van der Waals surface area contributed by atoms with Gasteiger partial charge in [-0.25, -0.2) is 0 Å². The van der Waals surface area contributed by atoms with Gasteiger partial charge in [0.15, 0.2) is 0 Å². The molecule has 2 fully saturated rings. The lowest BCUT2D eigenvalue weighted by molar-refractivity contribution is -0.140. The Morgan fingerprint density at radius 2 is 1.88 bits per heavy atom. The number of hydrogen-bond acceptors (Lipinski definition) is 2. The summed E-state index contributed by atoms with van der Waals surface area (Å²) >= 11 is 6.08. The molecule has 3 nitrogen and oxygen atoms in total. The molecule has 1 heterocycles. The number of piperidine rings is 1. The van der Waals surface area contributed by atoms with Crippen molar-refractivity contribution in [2.45, 2.75) is 50.4 Å². The maximum absolute atomic E-state index is 13.6. The van der Waals surface area contributed by atoms with Gasteiger partial charge in [-0.15, -0.1) is 12.4 Å². The van der Waals surface area contributed by atoms with Gasteiger partial charge in [-0.2, -0.15) is 0 Å². The average molecular weight is 385 g/mol. The summed E-state index contributed by atoms with van der Waals surface area (Å²) in [5.41, 5.74) is 0.831. The Bertz CT molecular complexity index is 553. The first kappa shape index (κ1) is 20.5. The zero-order chi connectivity index (χ0) is 17.0. The zero-order valence-electron chi connectivity index (χ0n) is 15.1. The zero-order valence-corrected chi connectivity index (χ0v) is 16.7. The molecular formula is C20H30Cl2N2O. The minimum Gasteiger partial charge on any atom is -0.342 e. The first-order chi connectivity index (χ1) is 11.7. The summed E-state index contributed by atoms with van der Waals surface area (Å²) in [6.45, 7) is 2.81. The van der Waals surface area contributed by atoms with Crippen LogP contribution in [0.3, 0.4) is 0 Å². The molecule has 3 rings (SSSR count). The molecule has 1 amide bonds. The van der Waals surface area contributed by atoms with E-state index in [9.17, 15) is 4.79 Å². The maximum Gasteiger partial charge on any atom is 0.233 e. The van der Waals surface area contributed by atoms with Crippen LogP contribution in [-0.2, 0) is 10.2 Å². The van der Waals surface area contributed by atoms with Crippen molar-refractivity contribution in [3.8, 4) is 0 Å². The standard InChI is InChI=1S/C20H29ClN2O.ClH/c1-22-14-16-6-5-13-23(15-16)19(24)20(11-3-2-4-12-20)17-7-9-18(21)10-8-17;/h7-10,16,22H,2-6,11-15H2,1H3;1H. The summed E-state index contributed by atoms with van der Waals surface area (Å²) in [7, 11) is 2.00. The SMILES string of the molecule is CNCC1CCCN(C(=O)C2(c3ccc(Cl)cc3)CCCCC2)C1.Cl. The van der Waals surface area contributed by atoms with Crippen molar-refractivity contribution in [3.05, 3.63) is 34.9 Å². The van der Waals surface area contributed by atoms with Crippen molar-refractivity contribution in [1.82, 2.24) is 10.2 Å². The lowest BCUT2D eigenvalue weighted by atomic mass is 9.68. The molecule has 1 N–H and O–H groups in total. The summed E-state index contributed by atoms with van der Waals surface area (Å²) in [6.07, 6.45) is 7.81. The molecule has 1 saturated carbocycles. The third kappa shape index (κ3) is 4.50. The second kappa shape index (κ2) is 9.25. The van der Waals surface area contributed by atoms with E-state index in [1.54, 1.807) is 0 Å². The monoisotopic (exact) mass is 384 g/mol. The van der Waals surface area contributed by atoms with Crippen molar-refractivity contribution in [3.63, 3.8) is 0 Å². The highest BCUT2D eigenvalue weighted by Gasteiger charge is 2.44. The topological polar surface area (TPSA) is 32.3 Å². The molecule has 5 heteroatoms. The number of nitrogens with one attached hydrogen (secondary N) is 1. The minimum atomic E-state index is -0.329. The van der Waals surface area contributed by atoms with Gasteiger partial charge in [0.05, 0.1) is 5.41 Å². The Hall–Kier alpha value is -0.770. The first-order valence-corrected chi connectivity index (χ1v) is 9.73. The van der Waals surface area contributed by atoms with Crippen LogP contribution in [0.2, 0.25) is 5.02 Å². The fourth-order valence-corrected chi connectivity index (χ4v) is 4.68. The van der Waals surface area contributed by atoms with E-state index in [0.29, 0.717) is 11.8 Å². The highest BCUT2D eigenvalue weighted by Crippen LogP contribution is 2.42. The molecule has 1 aliphatic heterocycles. The van der Waals surface area contributed by atoms with Gasteiger partial charge in [0.2, 0.25) is 5.91 Å². The first-order valence-electron chi connectivity index (χ1n) is 9.36. The van der Waals surface area contributed by atoms with E-state index in [1.807, 2.05) is 19.2 Å². The highest BCUT2D eigenvalue weighted by molar-refractivity contribution is 6.30. The Balaban J connectivity index is 0.00000225. The van der Waals surface area contributed by atoms with Crippen LogP contribution in [0.5, 0.6) is 0 Å². The number of hydrogen-bond donors (Lipinski definition) is 1. The molecule has 0 radical (unpaired) electrons. The van der Waals surface area contributed by atoms with Gasteiger partial charge >= 0.3 is 0 Å². The van der Waals surface area contributed by atoms with Gasteiger partial charge in [0.1, 0.15) is 0 Å². The molecule has 1 saturated heterocycles. The van der Waals surface area contributed by atoms with E-state index in [0.717, 1.165) is 62.3 Å². The van der Waals surface area contributed by atoms with Crippen LogP contribution in [0.25, 0.3) is 0 Å². The lowest BCUT2D eigenvalue weighted by Gasteiger charge is -2.43. The highest BCUT2D eigenvalue weighted by atomic mass is 35.5. The molecule has 1 aromatic rings. The van der Waals surface area contributed by atoms with Crippen LogP contribution in [0, 0.1) is 5.92 Å². The minimum absolute atomic E-state index is 0. The van der Waals surface area contributed by atoms with Gasteiger partial charge in [-0.05, 0) is 62.9 Å². The predicted octanol–water partition coefficient (Wildman–Crippen LogP) is 4.42. The van der Waals surface area contributed by atoms with Gasteiger partial charge in [-0.1, -0.05) is 43.0 Å². The summed E-state index contributed by atoms with van der Waals surface area (Å²) < 4.78 is 0. The van der Waals surface area contributed by atoms with Crippen molar-refractivity contribution >= 4 is 29.9 Å². The van der Waals surface area contributed by atoms with E-state index in [1.165, 1.54) is 12.8 Å². The molecule has 0 aromatic heterocycles. The molecule has 140 valence electrons. The number of carbonyl (C=O) groups excluding carboxylic acids is 1. The quantitative estimate of drug-likeness (QED) is 0.832. The third-order valence-corrected chi connectivity index (χ3v) is 6.06. The van der Waals surface area contributed by atoms with Gasteiger partial charge in [-0.3, -0.25) is 4.79 Å². The van der Waals surface area contributed by atoms with E-state index in [4.69, 9.17) is 11.6 Å². The van der Waals surface area contributed by atoms with E-state index in [-0.39, 0.29) is 17.8 Å². The van der Waals surface area contributed by atoms with E-state index in [2.05, 4.69) is 22.3 Å². The van der Waals surface area contributed by atoms with Gasteiger partial charge in [0.25, 0.3) is 0 Å². The Kier molecular flexibility index (Phi) is 7.60. The maximum atomic E-state index is 13.6. The second-order valence-corrected chi connectivity index (χ2v) is 7.90. The number of nitrogens with zero attached hydrogens (tertiary/aromatic N) is 1. The fraction of sp³-hybridized carbons (Fsp3) is 0.650. The van der Waals surface area contributed by atoms with E-state index >= 15 is 0 Å². The fourth-order valence-electron chi connectivity index (χ4n) is 4.56. The third-order valence-electron chi connectivity index (χ3n) is 5.81. The molecule has 25 heavy (non-hydrogen) atoms. The number of benzene rings is 1. The van der Waals surface area contributed by atoms with Crippen LogP contribution >= 0.6 is 24.0 Å². The molecule has 1 atom stereocenters. The molecule has 2 aliphatic rings. The van der Waals surface area contributed by atoms with Crippen LogP contribution in [0.1, 0.15) is 50.5 Å².